The Kier molecular flexibility index (Phi) is 6.35. The molecule has 0 aliphatic carbocycles. The van der Waals surface area contributed by atoms with Crippen LogP contribution in [0.15, 0.2) is 48.5 Å². The summed E-state index contributed by atoms with van der Waals surface area (Å²) in [6.45, 7) is 2.32. The van der Waals surface area contributed by atoms with Crippen molar-refractivity contribution < 1.29 is 19.6 Å². The molecule has 0 saturated carbocycles. The highest BCUT2D eigenvalue weighted by Crippen LogP contribution is 2.13. The maximum absolute atomic E-state index is 12.0. The van der Waals surface area contributed by atoms with E-state index in [0.717, 1.165) is 5.56 Å². The van der Waals surface area contributed by atoms with Crippen molar-refractivity contribution in [1.29, 1.82) is 0 Å². The normalized spacial score (nSPS) is 11.6. The summed E-state index contributed by atoms with van der Waals surface area (Å²) in [5, 5.41) is 5.44. The third-order valence-corrected chi connectivity index (χ3v) is 3.89. The zero-order chi connectivity index (χ0) is 17.5. The van der Waals surface area contributed by atoms with E-state index in [1.807, 2.05) is 36.5 Å². The Morgan fingerprint density at radius 2 is 1.75 bits per heavy atom. The van der Waals surface area contributed by atoms with Gasteiger partial charge < -0.3 is 15.4 Å². The molecule has 126 valence electrons. The number of nitrogens with two attached hydrogens (primary N) is 1. The number of halogens is 1. The Hall–Kier alpha value is -2.37. The lowest BCUT2D eigenvalue weighted by atomic mass is 10.1. The van der Waals surface area contributed by atoms with Gasteiger partial charge in [0.05, 0.1) is 12.7 Å². The number of quaternary nitrogens is 1. The highest BCUT2D eigenvalue weighted by atomic mass is 35.5. The number of carbonyl (C=O) groups excluding carboxylic acids is 2. The van der Waals surface area contributed by atoms with E-state index < -0.39 is 5.97 Å². The number of methoxy groups -OCH3 is 1. The number of benzene rings is 2. The molecule has 0 aliphatic heterocycles. The number of esters is 1. The molecule has 0 unspecified atom stereocenters. The molecular formula is C18H20ClN2O3+. The molecule has 0 aromatic heterocycles. The summed E-state index contributed by atoms with van der Waals surface area (Å²) in [6, 6.07) is 14.3. The van der Waals surface area contributed by atoms with Crippen LogP contribution in [-0.2, 0) is 9.53 Å². The first-order valence-electron chi connectivity index (χ1n) is 7.56. The Morgan fingerprint density at radius 1 is 1.12 bits per heavy atom. The van der Waals surface area contributed by atoms with Gasteiger partial charge in [0, 0.05) is 16.3 Å². The molecule has 3 N–H and O–H groups in total. The summed E-state index contributed by atoms with van der Waals surface area (Å²) < 4.78 is 4.63. The SMILES string of the molecule is COC(=O)c1ccc(NC(=O)C[NH2+][C@@H](C)c2ccc(Cl)cc2)cc1. The number of amides is 1. The van der Waals surface area contributed by atoms with Crippen molar-refractivity contribution in [2.75, 3.05) is 19.0 Å². The van der Waals surface area contributed by atoms with Crippen molar-refractivity contribution in [1.82, 2.24) is 0 Å². The minimum absolute atomic E-state index is 0.110. The zero-order valence-electron chi connectivity index (χ0n) is 13.6. The topological polar surface area (TPSA) is 72.0 Å². The molecule has 2 aromatic carbocycles. The summed E-state index contributed by atoms with van der Waals surface area (Å²) >= 11 is 5.87. The molecule has 24 heavy (non-hydrogen) atoms. The number of rotatable bonds is 6. The molecule has 0 heterocycles. The predicted octanol–water partition coefficient (Wildman–Crippen LogP) is 2.39. The molecule has 1 atom stereocenters. The number of nitrogens with one attached hydrogen (secondary N) is 1. The summed E-state index contributed by atoms with van der Waals surface area (Å²) in [7, 11) is 1.33. The summed E-state index contributed by atoms with van der Waals surface area (Å²) in [5.41, 5.74) is 2.19. The van der Waals surface area contributed by atoms with Crippen molar-refractivity contribution in [3.05, 3.63) is 64.7 Å². The van der Waals surface area contributed by atoms with E-state index >= 15 is 0 Å². The van der Waals surface area contributed by atoms with Crippen LogP contribution in [0.3, 0.4) is 0 Å². The second-order valence-corrected chi connectivity index (χ2v) is 5.83. The van der Waals surface area contributed by atoms with Crippen LogP contribution in [0.4, 0.5) is 5.69 Å². The lowest BCUT2D eigenvalue weighted by molar-refractivity contribution is -0.682. The van der Waals surface area contributed by atoms with E-state index in [1.54, 1.807) is 24.3 Å². The van der Waals surface area contributed by atoms with Gasteiger partial charge in [-0.05, 0) is 43.3 Å². The third kappa shape index (κ3) is 5.08. The fraction of sp³-hybridized carbons (Fsp3) is 0.222. The molecule has 6 heteroatoms. The van der Waals surface area contributed by atoms with Gasteiger partial charge in [-0.25, -0.2) is 4.79 Å². The lowest BCUT2D eigenvalue weighted by Gasteiger charge is -2.11. The average Bonchev–Trinajstić information content (AvgIpc) is 2.60. The second kappa shape index (κ2) is 8.47. The third-order valence-electron chi connectivity index (χ3n) is 3.64. The van der Waals surface area contributed by atoms with Crippen LogP contribution in [0.5, 0.6) is 0 Å². The largest absolute Gasteiger partial charge is 0.465 e. The van der Waals surface area contributed by atoms with E-state index in [2.05, 4.69) is 10.1 Å². The molecule has 0 bridgehead atoms. The molecule has 1 amide bonds. The van der Waals surface area contributed by atoms with E-state index in [4.69, 9.17) is 11.6 Å². The molecule has 0 spiro atoms. The van der Waals surface area contributed by atoms with Gasteiger partial charge in [0.15, 0.2) is 6.54 Å². The van der Waals surface area contributed by atoms with Crippen LogP contribution >= 0.6 is 11.6 Å². The summed E-state index contributed by atoms with van der Waals surface area (Å²) in [6.07, 6.45) is 0. The minimum atomic E-state index is -0.405. The van der Waals surface area contributed by atoms with E-state index in [-0.39, 0.29) is 11.9 Å². The number of anilines is 1. The van der Waals surface area contributed by atoms with Crippen molar-refractivity contribution in [3.63, 3.8) is 0 Å². The summed E-state index contributed by atoms with van der Waals surface area (Å²) in [5.74, 6) is -0.514. The van der Waals surface area contributed by atoms with Crippen LogP contribution in [0.25, 0.3) is 0 Å². The molecule has 0 fully saturated rings. The zero-order valence-corrected chi connectivity index (χ0v) is 14.3. The molecule has 0 radical (unpaired) electrons. The molecule has 5 nitrogen and oxygen atoms in total. The Bertz CT molecular complexity index is 699. The van der Waals surface area contributed by atoms with Gasteiger partial charge in [0.2, 0.25) is 0 Å². The Balaban J connectivity index is 1.84. The van der Waals surface area contributed by atoms with Crippen LogP contribution < -0.4 is 10.6 Å². The fourth-order valence-corrected chi connectivity index (χ4v) is 2.33. The van der Waals surface area contributed by atoms with Crippen LogP contribution in [-0.4, -0.2) is 25.5 Å². The van der Waals surface area contributed by atoms with E-state index in [9.17, 15) is 9.59 Å². The van der Waals surface area contributed by atoms with E-state index in [0.29, 0.717) is 22.8 Å². The Morgan fingerprint density at radius 3 is 2.33 bits per heavy atom. The van der Waals surface area contributed by atoms with Crippen LogP contribution in [0, 0.1) is 0 Å². The van der Waals surface area contributed by atoms with Crippen molar-refractivity contribution in [3.8, 4) is 0 Å². The van der Waals surface area contributed by atoms with Gasteiger partial charge in [0.1, 0.15) is 6.04 Å². The second-order valence-electron chi connectivity index (χ2n) is 5.40. The van der Waals surface area contributed by atoms with Crippen molar-refractivity contribution in [2.45, 2.75) is 13.0 Å². The van der Waals surface area contributed by atoms with Crippen LogP contribution in [0.2, 0.25) is 5.02 Å². The highest BCUT2D eigenvalue weighted by Gasteiger charge is 2.12. The highest BCUT2D eigenvalue weighted by molar-refractivity contribution is 6.30. The van der Waals surface area contributed by atoms with Crippen molar-refractivity contribution in [2.24, 2.45) is 0 Å². The average molecular weight is 348 g/mol. The predicted molar refractivity (Wildman–Crippen MR) is 93.1 cm³/mol. The standard InChI is InChI=1S/C18H19ClN2O3/c1-12(13-3-7-15(19)8-4-13)20-11-17(22)21-16-9-5-14(6-10-16)18(23)24-2/h3-10,12,20H,11H2,1-2H3,(H,21,22)/p+1/t12-/m0/s1. The number of carbonyl (C=O) groups is 2. The first kappa shape index (κ1) is 18.0. The number of hydrogen-bond acceptors (Lipinski definition) is 3. The number of hydrogen-bond donors (Lipinski definition) is 2. The Labute approximate surface area is 146 Å². The van der Waals surface area contributed by atoms with Gasteiger partial charge in [-0.3, -0.25) is 4.79 Å². The molecule has 2 rings (SSSR count). The van der Waals surface area contributed by atoms with Gasteiger partial charge in [-0.15, -0.1) is 0 Å². The van der Waals surface area contributed by atoms with Gasteiger partial charge in [0.25, 0.3) is 5.91 Å². The molecule has 2 aromatic rings. The number of ether oxygens (including phenoxy) is 1. The maximum Gasteiger partial charge on any atom is 0.337 e. The molecule has 0 aliphatic rings. The summed E-state index contributed by atoms with van der Waals surface area (Å²) in [4.78, 5) is 23.4. The maximum atomic E-state index is 12.0. The smallest absolute Gasteiger partial charge is 0.337 e. The van der Waals surface area contributed by atoms with Gasteiger partial charge >= 0.3 is 5.97 Å². The molecular weight excluding hydrogens is 328 g/mol. The molecule has 0 saturated heterocycles. The minimum Gasteiger partial charge on any atom is -0.465 e. The monoisotopic (exact) mass is 347 g/mol. The van der Waals surface area contributed by atoms with Crippen molar-refractivity contribution >= 4 is 29.2 Å². The van der Waals surface area contributed by atoms with E-state index in [1.165, 1.54) is 7.11 Å². The first-order valence-corrected chi connectivity index (χ1v) is 7.94. The van der Waals surface area contributed by atoms with Gasteiger partial charge in [-0.2, -0.15) is 0 Å². The van der Waals surface area contributed by atoms with Gasteiger partial charge in [-0.1, -0.05) is 23.7 Å². The fourth-order valence-electron chi connectivity index (χ4n) is 2.21. The van der Waals surface area contributed by atoms with Crippen LogP contribution in [0.1, 0.15) is 28.9 Å². The first-order chi connectivity index (χ1) is 11.5. The lowest BCUT2D eigenvalue weighted by Crippen LogP contribution is -2.86. The quantitative estimate of drug-likeness (QED) is 0.788.